The van der Waals surface area contributed by atoms with Crippen LogP contribution in [0.1, 0.15) is 36.9 Å². The summed E-state index contributed by atoms with van der Waals surface area (Å²) >= 11 is 0. The van der Waals surface area contributed by atoms with Crippen LogP contribution in [0.15, 0.2) is 64.3 Å². The molecule has 0 saturated carbocycles. The predicted molar refractivity (Wildman–Crippen MR) is 148 cm³/mol. The molecular formula is C30H25FN2O4S. The highest BCUT2D eigenvalue weighted by Crippen LogP contribution is 2.36. The molecule has 6 nitrogen and oxygen atoms in total. The van der Waals surface area contributed by atoms with E-state index in [2.05, 4.69) is 15.5 Å². The summed E-state index contributed by atoms with van der Waals surface area (Å²) in [7, 11) is -4.86. The van der Waals surface area contributed by atoms with Crippen LogP contribution in [0.3, 0.4) is 0 Å². The van der Waals surface area contributed by atoms with Crippen molar-refractivity contribution < 1.29 is 17.0 Å². The maximum Gasteiger partial charge on any atom is 0.332 e. The Hall–Kier alpha value is -3.93. The molecule has 1 aliphatic heterocycles. The van der Waals surface area contributed by atoms with Crippen LogP contribution in [0.5, 0.6) is 0 Å². The molecule has 1 saturated heterocycles. The molecule has 1 fully saturated rings. The van der Waals surface area contributed by atoms with Crippen molar-refractivity contribution in [2.45, 2.75) is 37.1 Å². The van der Waals surface area contributed by atoms with Crippen molar-refractivity contribution in [3.05, 3.63) is 75.9 Å². The maximum atomic E-state index is 14.0. The molecule has 3 aromatic carbocycles. The van der Waals surface area contributed by atoms with Crippen LogP contribution in [0.2, 0.25) is 0 Å². The molecule has 5 aromatic rings. The van der Waals surface area contributed by atoms with E-state index in [9.17, 15) is 17.1 Å². The van der Waals surface area contributed by atoms with Crippen LogP contribution in [0, 0.1) is 12.3 Å². The lowest BCUT2D eigenvalue weighted by Crippen LogP contribution is -2.22. The lowest BCUT2D eigenvalue weighted by Gasteiger charge is -2.28. The van der Waals surface area contributed by atoms with Crippen LogP contribution in [0.25, 0.3) is 44.0 Å². The van der Waals surface area contributed by atoms with E-state index in [1.807, 2.05) is 37.3 Å². The van der Waals surface area contributed by atoms with Crippen LogP contribution < -0.4 is 5.43 Å². The molecule has 0 atom stereocenters. The number of terminal acetylenes is 1. The Labute approximate surface area is 219 Å². The first-order valence-electron chi connectivity index (χ1n) is 12.6. The van der Waals surface area contributed by atoms with E-state index in [-0.39, 0.29) is 11.5 Å². The molecule has 1 N–H and O–H groups in total. The van der Waals surface area contributed by atoms with E-state index >= 15 is 0 Å². The third-order valence-corrected chi connectivity index (χ3v) is 8.32. The number of rotatable bonds is 4. The number of aromatic nitrogens is 2. The predicted octanol–water partition coefficient (Wildman–Crippen LogP) is 5.86. The molecule has 2 aromatic heterocycles. The zero-order valence-corrected chi connectivity index (χ0v) is 21.6. The van der Waals surface area contributed by atoms with Gasteiger partial charge in [0.1, 0.15) is 5.65 Å². The second-order valence-corrected chi connectivity index (χ2v) is 11.0. The van der Waals surface area contributed by atoms with Crippen molar-refractivity contribution in [3.63, 3.8) is 0 Å². The summed E-state index contributed by atoms with van der Waals surface area (Å²) < 4.78 is 44.9. The van der Waals surface area contributed by atoms with Gasteiger partial charge in [-0.3, -0.25) is 4.79 Å². The van der Waals surface area contributed by atoms with Crippen LogP contribution in [-0.2, 0) is 21.4 Å². The average Bonchev–Trinajstić information content (AvgIpc) is 3.31. The number of hydrogen-bond acceptors (Lipinski definition) is 4. The molecule has 3 heterocycles. The zero-order valence-electron chi connectivity index (χ0n) is 20.8. The third kappa shape index (κ3) is 3.90. The zero-order chi connectivity index (χ0) is 26.6. The number of fused-ring (bicyclic) bond motifs is 4. The highest BCUT2D eigenvalue weighted by Gasteiger charge is 2.24. The van der Waals surface area contributed by atoms with E-state index in [4.69, 9.17) is 11.2 Å². The van der Waals surface area contributed by atoms with Gasteiger partial charge in [-0.05, 0) is 72.4 Å². The SMILES string of the molecule is C#Cc1ccc2c(c1)[nH]c1c2c(=O)c2cc(CC)c(-c3cccc(S(=O)(=O)F)c3)cc2n1C1CCOCC1. The fraction of sp³-hybridized carbons (Fsp3) is 0.233. The van der Waals surface area contributed by atoms with Crippen molar-refractivity contribution in [2.75, 3.05) is 13.2 Å². The summed E-state index contributed by atoms with van der Waals surface area (Å²) in [6.45, 7) is 3.19. The smallest absolute Gasteiger partial charge is 0.332 e. The molecule has 0 aliphatic carbocycles. The molecule has 0 unspecified atom stereocenters. The number of aryl methyl sites for hydroxylation is 1. The van der Waals surface area contributed by atoms with Gasteiger partial charge in [-0.25, -0.2) is 0 Å². The van der Waals surface area contributed by atoms with E-state index in [0.717, 1.165) is 46.0 Å². The van der Waals surface area contributed by atoms with Crippen molar-refractivity contribution in [1.82, 2.24) is 9.55 Å². The average molecular weight is 529 g/mol. The summed E-state index contributed by atoms with van der Waals surface area (Å²) in [6.07, 6.45) is 7.78. The highest BCUT2D eigenvalue weighted by atomic mass is 32.3. The molecular weight excluding hydrogens is 503 g/mol. The van der Waals surface area contributed by atoms with Gasteiger partial charge in [0.05, 0.1) is 15.8 Å². The van der Waals surface area contributed by atoms with Gasteiger partial charge in [0.25, 0.3) is 0 Å². The Bertz CT molecular complexity index is 1960. The monoisotopic (exact) mass is 528 g/mol. The van der Waals surface area contributed by atoms with Gasteiger partial charge in [0, 0.05) is 41.1 Å². The first kappa shape index (κ1) is 24.4. The van der Waals surface area contributed by atoms with Crippen molar-refractivity contribution in [3.8, 4) is 23.5 Å². The van der Waals surface area contributed by atoms with Crippen molar-refractivity contribution in [1.29, 1.82) is 0 Å². The van der Waals surface area contributed by atoms with Gasteiger partial charge in [-0.15, -0.1) is 10.3 Å². The van der Waals surface area contributed by atoms with Gasteiger partial charge in [-0.2, -0.15) is 8.42 Å². The standard InChI is InChI=1S/C30H25FN2O4S/c1-3-18-8-9-23-26(14-18)32-30-28(23)29(34)25-16-19(4-2)24(20-6-5-7-22(15-20)38(31,35)36)17-27(25)33(30)21-10-12-37-13-11-21/h1,5-9,14-17,21,32H,4,10-13H2,2H3. The minimum absolute atomic E-state index is 0.0763. The Kier molecular flexibility index (Phi) is 5.86. The Morgan fingerprint density at radius 3 is 2.61 bits per heavy atom. The molecule has 0 radical (unpaired) electrons. The van der Waals surface area contributed by atoms with Crippen LogP contribution in [0.4, 0.5) is 3.89 Å². The van der Waals surface area contributed by atoms with Gasteiger partial charge < -0.3 is 14.3 Å². The normalized spacial score (nSPS) is 14.9. The Morgan fingerprint density at radius 1 is 1.11 bits per heavy atom. The highest BCUT2D eigenvalue weighted by molar-refractivity contribution is 7.86. The molecule has 8 heteroatoms. The van der Waals surface area contributed by atoms with Gasteiger partial charge in [0.15, 0.2) is 5.43 Å². The van der Waals surface area contributed by atoms with E-state index in [0.29, 0.717) is 41.6 Å². The molecule has 6 rings (SSSR count). The lowest BCUT2D eigenvalue weighted by molar-refractivity contribution is 0.0715. The number of nitrogens with zero attached hydrogens (tertiary/aromatic N) is 1. The number of ether oxygens (including phenoxy) is 1. The summed E-state index contributed by atoms with van der Waals surface area (Å²) in [5, 5.41) is 2.01. The topological polar surface area (TPSA) is 81.2 Å². The number of aromatic amines is 1. The largest absolute Gasteiger partial charge is 0.381 e. The Morgan fingerprint density at radius 2 is 1.89 bits per heavy atom. The van der Waals surface area contributed by atoms with E-state index < -0.39 is 15.1 Å². The second kappa shape index (κ2) is 9.12. The molecule has 1 aliphatic rings. The number of benzene rings is 3. The summed E-state index contributed by atoms with van der Waals surface area (Å²) in [4.78, 5) is 17.1. The number of H-pyrrole nitrogens is 1. The molecule has 0 spiro atoms. The summed E-state index contributed by atoms with van der Waals surface area (Å²) in [6, 6.07) is 15.4. The lowest BCUT2D eigenvalue weighted by atomic mass is 9.94. The molecule has 192 valence electrons. The van der Waals surface area contributed by atoms with Crippen LogP contribution in [-0.4, -0.2) is 31.2 Å². The van der Waals surface area contributed by atoms with Gasteiger partial charge in [-0.1, -0.05) is 31.0 Å². The fourth-order valence-corrected chi connectivity index (χ4v) is 6.16. The fourth-order valence-electron chi connectivity index (χ4n) is 5.65. The number of halogens is 1. The Balaban J connectivity index is 1.74. The number of nitrogens with one attached hydrogen (secondary N) is 1. The maximum absolute atomic E-state index is 14.0. The quantitative estimate of drug-likeness (QED) is 0.234. The third-order valence-electron chi connectivity index (χ3n) is 7.50. The minimum atomic E-state index is -4.86. The summed E-state index contributed by atoms with van der Waals surface area (Å²) in [5.41, 5.74) is 5.08. The number of hydrogen-bond donors (Lipinski definition) is 1. The second-order valence-electron chi connectivity index (χ2n) is 9.64. The molecule has 0 amide bonds. The molecule has 38 heavy (non-hydrogen) atoms. The van der Waals surface area contributed by atoms with E-state index in [1.54, 1.807) is 6.07 Å². The van der Waals surface area contributed by atoms with E-state index in [1.165, 1.54) is 18.2 Å². The first-order chi connectivity index (χ1) is 18.3. The first-order valence-corrected chi connectivity index (χ1v) is 13.9. The van der Waals surface area contributed by atoms with Gasteiger partial charge in [0.2, 0.25) is 0 Å². The van der Waals surface area contributed by atoms with Crippen LogP contribution >= 0.6 is 0 Å². The van der Waals surface area contributed by atoms with Crippen molar-refractivity contribution in [2.24, 2.45) is 0 Å². The minimum Gasteiger partial charge on any atom is -0.381 e. The van der Waals surface area contributed by atoms with Crippen molar-refractivity contribution >= 4 is 43.1 Å². The molecule has 0 bridgehead atoms. The van der Waals surface area contributed by atoms with Gasteiger partial charge >= 0.3 is 10.2 Å². The summed E-state index contributed by atoms with van der Waals surface area (Å²) in [5.74, 6) is 2.65. The number of pyridine rings is 1.